The van der Waals surface area contributed by atoms with Gasteiger partial charge in [0.1, 0.15) is 5.82 Å². The zero-order chi connectivity index (χ0) is 33.3. The summed E-state index contributed by atoms with van der Waals surface area (Å²) in [5, 5.41) is 4.22. The van der Waals surface area contributed by atoms with Gasteiger partial charge >= 0.3 is 99.8 Å². The number of rotatable bonds is 5. The van der Waals surface area contributed by atoms with E-state index in [4.69, 9.17) is 1.37 Å². The normalized spacial score (nSPS) is 12.9. The summed E-state index contributed by atoms with van der Waals surface area (Å²) in [6.45, 7) is 5.92. The van der Waals surface area contributed by atoms with Gasteiger partial charge in [0.2, 0.25) is 0 Å². The molecule has 1 unspecified atom stereocenters. The molecular weight excluding hydrogens is 836 g/mol. The molecule has 1 atom stereocenters. The number of pyridine rings is 2. The van der Waals surface area contributed by atoms with Gasteiger partial charge in [0.05, 0.1) is 0 Å². The van der Waals surface area contributed by atoms with Crippen molar-refractivity contribution in [1.29, 1.82) is 0 Å². The molecule has 6 heteroatoms. The molecular formula is C41H37FGeIrN2S-2. The van der Waals surface area contributed by atoms with Crippen LogP contribution in [0.4, 0.5) is 4.39 Å². The molecule has 0 fully saturated rings. The van der Waals surface area contributed by atoms with E-state index in [1.54, 1.807) is 23.6 Å². The number of fused-ring (bicyclic) bond motifs is 4. The van der Waals surface area contributed by atoms with Crippen LogP contribution in [0.25, 0.3) is 53.5 Å². The Labute approximate surface area is 298 Å². The molecule has 0 bridgehead atoms. The zero-order valence-corrected chi connectivity index (χ0v) is 32.7. The van der Waals surface area contributed by atoms with Crippen LogP contribution in [0.3, 0.4) is 0 Å². The maximum absolute atomic E-state index is 13.7. The standard InChI is InChI=1S/C27H21FNS.C14H16GeN.Ir/c1-16(2)11-17(3)18-9-10-29-25(14-18)23-6-4-5-22-24-13-19-7-8-21(28)12-20(19)15-26(24)30-27(22)23;1-15(2,3)13-9-10-14(16-11-13)12-7-5-4-6-8-12;/h4-5,7-15,17H,1-3H3;4-7,9-11H,1-3H3;/q2*-1;/i17D;;. The fraction of sp³-hybridized carbons (Fsp3) is 0.171. The van der Waals surface area contributed by atoms with Gasteiger partial charge < -0.3 is 4.98 Å². The summed E-state index contributed by atoms with van der Waals surface area (Å²) in [7, 11) is 0. The van der Waals surface area contributed by atoms with E-state index >= 15 is 0 Å². The fourth-order valence-corrected chi connectivity index (χ4v) is 8.93. The van der Waals surface area contributed by atoms with Gasteiger partial charge in [-0.2, -0.15) is 11.3 Å². The van der Waals surface area contributed by atoms with E-state index in [1.807, 2.05) is 81.6 Å². The molecule has 1 radical (unpaired) electrons. The fourth-order valence-electron chi connectivity index (χ4n) is 5.52. The first kappa shape index (κ1) is 33.4. The van der Waals surface area contributed by atoms with Crippen LogP contribution in [0.1, 0.15) is 33.6 Å². The summed E-state index contributed by atoms with van der Waals surface area (Å²) >= 11 is -0.0406. The smallest absolute Gasteiger partial charge is 0 e. The van der Waals surface area contributed by atoms with Crippen molar-refractivity contribution in [2.45, 2.75) is 43.9 Å². The molecule has 47 heavy (non-hydrogen) atoms. The molecule has 4 aromatic carbocycles. The molecule has 2 nitrogen and oxygen atoms in total. The molecule has 7 rings (SSSR count). The second kappa shape index (κ2) is 14.7. The minimum absolute atomic E-state index is 0. The zero-order valence-electron chi connectivity index (χ0n) is 28.4. The number of thiophene rings is 1. The molecule has 0 aliphatic rings. The van der Waals surface area contributed by atoms with Crippen LogP contribution in [-0.4, -0.2) is 23.2 Å². The van der Waals surface area contributed by atoms with Crippen molar-refractivity contribution in [3.8, 4) is 22.5 Å². The molecule has 7 aromatic rings. The molecule has 0 amide bonds. The molecule has 0 aliphatic heterocycles. The van der Waals surface area contributed by atoms with Crippen molar-refractivity contribution in [1.82, 2.24) is 9.97 Å². The van der Waals surface area contributed by atoms with Crippen LogP contribution in [0.5, 0.6) is 0 Å². The first-order chi connectivity index (χ1) is 22.4. The summed E-state index contributed by atoms with van der Waals surface area (Å²) in [6, 6.07) is 35.9. The van der Waals surface area contributed by atoms with Gasteiger partial charge in [0.25, 0.3) is 0 Å². The number of benzene rings is 4. The summed E-state index contributed by atoms with van der Waals surface area (Å²) in [4.78, 5) is 9.14. The minimum atomic E-state index is -1.72. The number of halogens is 1. The van der Waals surface area contributed by atoms with E-state index in [-0.39, 0.29) is 25.9 Å². The Balaban J connectivity index is 0.000000224. The second-order valence-electron chi connectivity index (χ2n) is 12.8. The van der Waals surface area contributed by atoms with Gasteiger partial charge in [0.15, 0.2) is 0 Å². The molecule has 3 aromatic heterocycles. The number of aromatic nitrogens is 2. The number of allylic oxidation sites excluding steroid dienone is 2. The van der Waals surface area contributed by atoms with E-state index in [2.05, 4.69) is 69.7 Å². The Morgan fingerprint density at radius 3 is 2.40 bits per heavy atom. The third kappa shape index (κ3) is 7.98. The first-order valence-electron chi connectivity index (χ1n) is 15.9. The molecule has 0 spiro atoms. The molecule has 0 N–H and O–H groups in total. The molecule has 0 aliphatic carbocycles. The summed E-state index contributed by atoms with van der Waals surface area (Å²) in [5.74, 6) is 6.09. The van der Waals surface area contributed by atoms with Crippen molar-refractivity contribution in [2.24, 2.45) is 0 Å². The number of hydrogen-bond donors (Lipinski definition) is 0. The Morgan fingerprint density at radius 2 is 1.70 bits per heavy atom. The van der Waals surface area contributed by atoms with Crippen molar-refractivity contribution in [2.75, 3.05) is 0 Å². The van der Waals surface area contributed by atoms with Gasteiger partial charge in [-0.3, -0.25) is 0 Å². The van der Waals surface area contributed by atoms with E-state index in [9.17, 15) is 4.39 Å². The van der Waals surface area contributed by atoms with E-state index in [0.717, 1.165) is 64.6 Å². The van der Waals surface area contributed by atoms with Crippen molar-refractivity contribution in [3.63, 3.8) is 0 Å². The van der Waals surface area contributed by atoms with Crippen molar-refractivity contribution in [3.05, 3.63) is 139 Å². The quantitative estimate of drug-likeness (QED) is 0.0978. The topological polar surface area (TPSA) is 25.8 Å². The van der Waals surface area contributed by atoms with Crippen LogP contribution in [0, 0.1) is 17.9 Å². The molecule has 3 heterocycles. The Morgan fingerprint density at radius 1 is 0.872 bits per heavy atom. The predicted molar refractivity (Wildman–Crippen MR) is 198 cm³/mol. The van der Waals surface area contributed by atoms with E-state index in [1.165, 1.54) is 10.5 Å². The third-order valence-corrected chi connectivity index (χ3v) is 13.4. The third-order valence-electron chi connectivity index (χ3n) is 7.94. The molecule has 0 saturated carbocycles. The predicted octanol–water partition coefficient (Wildman–Crippen LogP) is 11.4. The van der Waals surface area contributed by atoms with Crippen molar-refractivity contribution < 1.29 is 25.9 Å². The number of hydrogen-bond acceptors (Lipinski definition) is 3. The largest absolute Gasteiger partial charge is 0 e. The van der Waals surface area contributed by atoms with Gasteiger partial charge in [-0.25, -0.2) is 4.39 Å². The monoisotopic (exact) mass is 876 g/mol. The summed E-state index contributed by atoms with van der Waals surface area (Å²) in [5.41, 5.74) is 5.82. The van der Waals surface area contributed by atoms with Gasteiger partial charge in [0, 0.05) is 32.4 Å². The SMILES string of the molecule is [2H]C(C)(C=C(C)C)c1ccnc(-c2[c-]ccc3c2sc2cc4cc(F)ccc4cc23)c1.[CH3][Ge]([CH3])([CH3])[c]1ccc(-c2[c-]cccc2)nc1.[Ir]. The maximum Gasteiger partial charge on any atom is 0 e. The van der Waals surface area contributed by atoms with Crippen molar-refractivity contribution >= 4 is 59.9 Å². The van der Waals surface area contributed by atoms with Gasteiger partial charge in [-0.1, -0.05) is 36.1 Å². The average Bonchev–Trinajstić information content (AvgIpc) is 3.41. The number of nitrogens with zero attached hydrogens (tertiary/aromatic N) is 2. The van der Waals surface area contributed by atoms with Crippen LogP contribution < -0.4 is 4.40 Å². The van der Waals surface area contributed by atoms with Crippen LogP contribution in [-0.2, 0) is 20.1 Å². The van der Waals surface area contributed by atoms with Gasteiger partial charge in [-0.15, -0.1) is 23.8 Å². The van der Waals surface area contributed by atoms with Crippen LogP contribution in [0.2, 0.25) is 17.3 Å². The Bertz CT molecular complexity index is 2240. The molecule has 0 saturated heterocycles. The Hall–Kier alpha value is -3.48. The maximum atomic E-state index is 13.7. The average molecular weight is 875 g/mol. The minimum Gasteiger partial charge on any atom is 0 e. The van der Waals surface area contributed by atoms with Crippen LogP contribution in [0.15, 0.2) is 115 Å². The van der Waals surface area contributed by atoms with Gasteiger partial charge in [-0.05, 0) is 82.2 Å². The molecule has 239 valence electrons. The Kier molecular flexibility index (Phi) is 10.5. The van der Waals surface area contributed by atoms with E-state index < -0.39 is 19.2 Å². The van der Waals surface area contributed by atoms with E-state index in [0.29, 0.717) is 0 Å². The van der Waals surface area contributed by atoms with Crippen LogP contribution >= 0.6 is 11.3 Å². The summed E-state index contributed by atoms with van der Waals surface area (Å²) in [6.07, 6.45) is 5.77. The second-order valence-corrected chi connectivity index (χ2v) is 24.5. The first-order valence-corrected chi connectivity index (χ1v) is 23.6. The summed E-state index contributed by atoms with van der Waals surface area (Å²) < 4.78 is 26.1.